The molecule has 3 heteroatoms. The van der Waals surface area contributed by atoms with Crippen molar-refractivity contribution in [1.29, 1.82) is 0 Å². The Morgan fingerprint density at radius 3 is 2.56 bits per heavy atom. The fourth-order valence-electron chi connectivity index (χ4n) is 1.68. The Morgan fingerprint density at radius 1 is 1.31 bits per heavy atom. The van der Waals surface area contributed by atoms with Gasteiger partial charge in [-0.3, -0.25) is 0 Å². The summed E-state index contributed by atoms with van der Waals surface area (Å²) in [6.07, 6.45) is 3.13. The van der Waals surface area contributed by atoms with E-state index < -0.39 is 9.84 Å². The third-order valence-corrected chi connectivity index (χ3v) is 4.44. The summed E-state index contributed by atoms with van der Waals surface area (Å²) in [4.78, 5) is 0.460. The lowest BCUT2D eigenvalue weighted by molar-refractivity contribution is 0.593. The number of allylic oxidation sites excluding steroid dienone is 1. The summed E-state index contributed by atoms with van der Waals surface area (Å²) >= 11 is 0. The maximum Gasteiger partial charge on any atom is 0.178 e. The van der Waals surface area contributed by atoms with Crippen LogP contribution in [-0.4, -0.2) is 14.2 Å². The fourth-order valence-corrected chi connectivity index (χ4v) is 3.27. The van der Waals surface area contributed by atoms with Gasteiger partial charge >= 0.3 is 0 Å². The molecule has 1 aromatic rings. The van der Waals surface area contributed by atoms with E-state index in [0.717, 1.165) is 17.5 Å². The summed E-state index contributed by atoms with van der Waals surface area (Å²) in [7, 11) is -3.13. The lowest BCUT2D eigenvalue weighted by Crippen LogP contribution is -2.08. The van der Waals surface area contributed by atoms with Crippen molar-refractivity contribution in [2.45, 2.75) is 31.6 Å². The molecule has 1 aromatic carbocycles. The highest BCUT2D eigenvalue weighted by molar-refractivity contribution is 7.91. The first kappa shape index (κ1) is 13.0. The monoisotopic (exact) mass is 238 g/mol. The van der Waals surface area contributed by atoms with Gasteiger partial charge in [-0.1, -0.05) is 23.8 Å². The quantitative estimate of drug-likeness (QED) is 0.583. The van der Waals surface area contributed by atoms with Crippen molar-refractivity contribution in [2.24, 2.45) is 0 Å². The van der Waals surface area contributed by atoms with Gasteiger partial charge in [-0.2, -0.15) is 0 Å². The van der Waals surface area contributed by atoms with Crippen LogP contribution >= 0.6 is 0 Å². The average molecular weight is 238 g/mol. The van der Waals surface area contributed by atoms with Crippen LogP contribution in [0.4, 0.5) is 0 Å². The van der Waals surface area contributed by atoms with Crippen molar-refractivity contribution >= 4 is 9.84 Å². The van der Waals surface area contributed by atoms with Crippen LogP contribution < -0.4 is 0 Å². The zero-order chi connectivity index (χ0) is 12.2. The molecular weight excluding hydrogens is 220 g/mol. The first-order chi connectivity index (χ1) is 7.47. The fraction of sp³-hybridized carbons (Fsp3) is 0.385. The van der Waals surface area contributed by atoms with Crippen molar-refractivity contribution in [3.05, 3.63) is 42.0 Å². The van der Waals surface area contributed by atoms with Crippen LogP contribution in [0.1, 0.15) is 24.0 Å². The number of sulfone groups is 1. The maximum atomic E-state index is 12.0. The van der Waals surface area contributed by atoms with Gasteiger partial charge in [0.2, 0.25) is 0 Å². The van der Waals surface area contributed by atoms with Crippen molar-refractivity contribution in [3.8, 4) is 0 Å². The number of hydrogen-bond donors (Lipinski definition) is 0. The number of unbranched alkanes of at least 4 members (excludes halogenated alkanes) is 1. The van der Waals surface area contributed by atoms with E-state index in [0.29, 0.717) is 11.3 Å². The van der Waals surface area contributed by atoms with Gasteiger partial charge in [0.25, 0.3) is 0 Å². The SMILES string of the molecule is C=CCCCS(=O)(=O)c1ccc(C)cc1C. The molecule has 0 radical (unpaired) electrons. The molecule has 0 spiro atoms. The zero-order valence-electron chi connectivity index (χ0n) is 9.86. The van der Waals surface area contributed by atoms with E-state index in [1.807, 2.05) is 26.0 Å². The van der Waals surface area contributed by atoms with E-state index in [-0.39, 0.29) is 5.75 Å². The predicted octanol–water partition coefficient (Wildman–Crippen LogP) is 3.04. The van der Waals surface area contributed by atoms with Gasteiger partial charge in [0.15, 0.2) is 9.84 Å². The van der Waals surface area contributed by atoms with Crippen LogP contribution in [0.3, 0.4) is 0 Å². The summed E-state index contributed by atoms with van der Waals surface area (Å²) in [5, 5.41) is 0. The Labute approximate surface area is 97.9 Å². The summed E-state index contributed by atoms with van der Waals surface area (Å²) in [5.41, 5.74) is 1.92. The van der Waals surface area contributed by atoms with Crippen LogP contribution in [0.25, 0.3) is 0 Å². The zero-order valence-corrected chi connectivity index (χ0v) is 10.7. The molecule has 0 aliphatic carbocycles. The van der Waals surface area contributed by atoms with E-state index in [4.69, 9.17) is 0 Å². The summed E-state index contributed by atoms with van der Waals surface area (Å²) < 4.78 is 24.0. The second kappa shape index (κ2) is 5.30. The molecule has 0 saturated heterocycles. The molecular formula is C13H18O2S. The summed E-state index contributed by atoms with van der Waals surface area (Å²) in [6, 6.07) is 5.45. The Kier molecular flexibility index (Phi) is 4.30. The average Bonchev–Trinajstić information content (AvgIpc) is 2.17. The Morgan fingerprint density at radius 2 is 2.00 bits per heavy atom. The minimum atomic E-state index is -3.13. The van der Waals surface area contributed by atoms with Crippen LogP contribution in [0.2, 0.25) is 0 Å². The second-order valence-electron chi connectivity index (χ2n) is 4.02. The van der Waals surface area contributed by atoms with Crippen LogP contribution in [0, 0.1) is 13.8 Å². The first-order valence-electron chi connectivity index (χ1n) is 5.38. The van der Waals surface area contributed by atoms with Gasteiger partial charge in [0.1, 0.15) is 0 Å². The molecule has 16 heavy (non-hydrogen) atoms. The lowest BCUT2D eigenvalue weighted by atomic mass is 10.2. The highest BCUT2D eigenvalue weighted by Crippen LogP contribution is 2.18. The van der Waals surface area contributed by atoms with Gasteiger partial charge in [-0.25, -0.2) is 8.42 Å². The topological polar surface area (TPSA) is 34.1 Å². The molecule has 0 aromatic heterocycles. The molecule has 88 valence electrons. The Balaban J connectivity index is 2.94. The molecule has 0 N–H and O–H groups in total. The van der Waals surface area contributed by atoms with E-state index >= 15 is 0 Å². The first-order valence-corrected chi connectivity index (χ1v) is 7.03. The molecule has 0 saturated carbocycles. The minimum absolute atomic E-state index is 0.197. The lowest BCUT2D eigenvalue weighted by Gasteiger charge is -2.07. The highest BCUT2D eigenvalue weighted by Gasteiger charge is 2.15. The van der Waals surface area contributed by atoms with E-state index in [1.54, 1.807) is 12.1 Å². The molecule has 0 fully saturated rings. The molecule has 0 amide bonds. The Hall–Kier alpha value is -1.09. The molecule has 0 bridgehead atoms. The third kappa shape index (κ3) is 3.20. The van der Waals surface area contributed by atoms with Gasteiger partial charge in [0.05, 0.1) is 10.6 Å². The number of hydrogen-bond acceptors (Lipinski definition) is 2. The Bertz CT molecular complexity index is 473. The van der Waals surface area contributed by atoms with Gasteiger partial charge < -0.3 is 0 Å². The molecule has 0 atom stereocenters. The van der Waals surface area contributed by atoms with Crippen LogP contribution in [0.15, 0.2) is 35.7 Å². The summed E-state index contributed by atoms with van der Waals surface area (Å²) in [6.45, 7) is 7.39. The van der Waals surface area contributed by atoms with E-state index in [1.165, 1.54) is 0 Å². The highest BCUT2D eigenvalue weighted by atomic mass is 32.2. The van der Waals surface area contributed by atoms with Crippen LogP contribution in [-0.2, 0) is 9.84 Å². The smallest absolute Gasteiger partial charge is 0.178 e. The number of aryl methyl sites for hydroxylation is 2. The predicted molar refractivity (Wildman–Crippen MR) is 67.4 cm³/mol. The summed E-state index contributed by atoms with van der Waals surface area (Å²) in [5.74, 6) is 0.197. The van der Waals surface area contributed by atoms with Crippen molar-refractivity contribution in [3.63, 3.8) is 0 Å². The standard InChI is InChI=1S/C13H18O2S/c1-4-5-6-9-16(14,15)13-8-7-11(2)10-12(13)3/h4,7-8,10H,1,5-6,9H2,2-3H3. The number of rotatable bonds is 5. The molecule has 2 nitrogen and oxygen atoms in total. The largest absolute Gasteiger partial charge is 0.224 e. The normalized spacial score (nSPS) is 11.4. The molecule has 0 unspecified atom stereocenters. The van der Waals surface area contributed by atoms with Gasteiger partial charge in [0, 0.05) is 0 Å². The molecule has 0 aliphatic rings. The van der Waals surface area contributed by atoms with Crippen molar-refractivity contribution in [2.75, 3.05) is 5.75 Å². The van der Waals surface area contributed by atoms with E-state index in [9.17, 15) is 8.42 Å². The third-order valence-electron chi connectivity index (χ3n) is 2.49. The van der Waals surface area contributed by atoms with Gasteiger partial charge in [-0.05, 0) is 38.3 Å². The van der Waals surface area contributed by atoms with Crippen molar-refractivity contribution in [1.82, 2.24) is 0 Å². The van der Waals surface area contributed by atoms with Crippen molar-refractivity contribution < 1.29 is 8.42 Å². The molecule has 1 rings (SSSR count). The van der Waals surface area contributed by atoms with E-state index in [2.05, 4.69) is 6.58 Å². The minimum Gasteiger partial charge on any atom is -0.224 e. The van der Waals surface area contributed by atoms with Crippen LogP contribution in [0.5, 0.6) is 0 Å². The number of benzene rings is 1. The maximum absolute atomic E-state index is 12.0. The second-order valence-corrected chi connectivity index (χ2v) is 6.10. The molecule has 0 aliphatic heterocycles. The molecule has 0 heterocycles. The van der Waals surface area contributed by atoms with Gasteiger partial charge in [-0.15, -0.1) is 6.58 Å².